The normalized spacial score (nSPS) is 12.0. The van der Waals surface area contributed by atoms with Crippen LogP contribution >= 0.6 is 0 Å². The number of alkyl halides is 6. The van der Waals surface area contributed by atoms with Gasteiger partial charge in [-0.05, 0) is 25.1 Å². The van der Waals surface area contributed by atoms with Crippen molar-refractivity contribution in [2.24, 2.45) is 5.73 Å². The van der Waals surface area contributed by atoms with E-state index in [0.717, 1.165) is 16.8 Å². The SMILES string of the molecule is Cc1c(NC(=O)c2cc(C(N)=O)nc3ccccc23)c(C(F)(F)F)nn1Cc1ccccc1OC(F)(F)F. The van der Waals surface area contributed by atoms with Crippen molar-refractivity contribution in [3.63, 3.8) is 0 Å². The van der Waals surface area contributed by atoms with Crippen LogP contribution in [0.4, 0.5) is 32.0 Å². The predicted molar refractivity (Wildman–Crippen MR) is 122 cm³/mol. The number of amides is 2. The van der Waals surface area contributed by atoms with E-state index in [1.807, 2.05) is 0 Å². The average molecular weight is 537 g/mol. The van der Waals surface area contributed by atoms with E-state index in [9.17, 15) is 35.9 Å². The molecule has 8 nitrogen and oxygen atoms in total. The topological polar surface area (TPSA) is 112 Å². The number of nitrogens with two attached hydrogens (primary N) is 1. The number of anilines is 1. The molecule has 0 saturated carbocycles. The van der Waals surface area contributed by atoms with E-state index in [1.54, 1.807) is 12.1 Å². The molecule has 0 saturated heterocycles. The van der Waals surface area contributed by atoms with Gasteiger partial charge in [0.25, 0.3) is 11.8 Å². The lowest BCUT2D eigenvalue weighted by Crippen LogP contribution is -2.19. The molecule has 0 radical (unpaired) electrons. The van der Waals surface area contributed by atoms with Crippen LogP contribution in [0.1, 0.15) is 37.8 Å². The van der Waals surface area contributed by atoms with Crippen molar-refractivity contribution in [3.05, 3.63) is 82.8 Å². The van der Waals surface area contributed by atoms with E-state index in [-0.39, 0.29) is 33.4 Å². The number of rotatable bonds is 6. The first-order chi connectivity index (χ1) is 17.7. The number of nitrogens with zero attached hydrogens (tertiary/aromatic N) is 3. The molecule has 2 aromatic carbocycles. The first-order valence-electron chi connectivity index (χ1n) is 10.7. The van der Waals surface area contributed by atoms with Gasteiger partial charge in [-0.2, -0.15) is 18.3 Å². The molecule has 198 valence electrons. The Hall–Kier alpha value is -4.62. The minimum absolute atomic E-state index is 0.103. The second kappa shape index (κ2) is 9.68. The molecule has 0 aliphatic carbocycles. The van der Waals surface area contributed by atoms with Gasteiger partial charge in [0.2, 0.25) is 0 Å². The van der Waals surface area contributed by atoms with E-state index >= 15 is 0 Å². The van der Waals surface area contributed by atoms with Gasteiger partial charge in [-0.3, -0.25) is 14.3 Å². The van der Waals surface area contributed by atoms with Crippen molar-refractivity contribution in [3.8, 4) is 5.75 Å². The number of nitrogens with one attached hydrogen (secondary N) is 1. The zero-order valence-electron chi connectivity index (χ0n) is 19.3. The summed E-state index contributed by atoms with van der Waals surface area (Å²) in [7, 11) is 0. The summed E-state index contributed by atoms with van der Waals surface area (Å²) in [5.74, 6) is -2.58. The van der Waals surface area contributed by atoms with E-state index < -0.39 is 48.0 Å². The zero-order chi connectivity index (χ0) is 27.8. The van der Waals surface area contributed by atoms with Gasteiger partial charge in [0.15, 0.2) is 5.69 Å². The van der Waals surface area contributed by atoms with Gasteiger partial charge in [-0.25, -0.2) is 4.98 Å². The van der Waals surface area contributed by atoms with Gasteiger partial charge < -0.3 is 15.8 Å². The van der Waals surface area contributed by atoms with Gasteiger partial charge >= 0.3 is 12.5 Å². The molecule has 2 amide bonds. The molecule has 0 atom stereocenters. The third-order valence-electron chi connectivity index (χ3n) is 5.45. The molecule has 38 heavy (non-hydrogen) atoms. The molecular weight excluding hydrogens is 520 g/mol. The average Bonchev–Trinajstić information content (AvgIpc) is 3.14. The van der Waals surface area contributed by atoms with E-state index in [4.69, 9.17) is 5.73 Å². The zero-order valence-corrected chi connectivity index (χ0v) is 19.3. The lowest BCUT2D eigenvalue weighted by Gasteiger charge is -2.14. The summed E-state index contributed by atoms with van der Waals surface area (Å²) in [6.45, 7) is 0.686. The van der Waals surface area contributed by atoms with Gasteiger partial charge in [-0.15, -0.1) is 13.2 Å². The van der Waals surface area contributed by atoms with Gasteiger partial charge in [0.1, 0.15) is 11.4 Å². The van der Waals surface area contributed by atoms with E-state index in [1.165, 1.54) is 37.3 Å². The Balaban J connectivity index is 1.76. The van der Waals surface area contributed by atoms with Crippen molar-refractivity contribution in [2.75, 3.05) is 5.32 Å². The highest BCUT2D eigenvalue weighted by Crippen LogP contribution is 2.37. The molecule has 4 rings (SSSR count). The number of aromatic nitrogens is 3. The van der Waals surface area contributed by atoms with Crippen LogP contribution in [0.3, 0.4) is 0 Å². The molecule has 0 aliphatic rings. The van der Waals surface area contributed by atoms with Crippen LogP contribution in [0.5, 0.6) is 5.75 Å². The summed E-state index contributed by atoms with van der Waals surface area (Å²) in [6, 6.07) is 12.1. The monoisotopic (exact) mass is 537 g/mol. The molecule has 0 spiro atoms. The lowest BCUT2D eigenvalue weighted by molar-refractivity contribution is -0.274. The minimum atomic E-state index is -5.03. The highest BCUT2D eigenvalue weighted by molar-refractivity contribution is 6.14. The number of carbonyl (C=O) groups excluding carboxylic acids is 2. The summed E-state index contributed by atoms with van der Waals surface area (Å²) >= 11 is 0. The minimum Gasteiger partial charge on any atom is -0.405 e. The smallest absolute Gasteiger partial charge is 0.405 e. The fourth-order valence-corrected chi connectivity index (χ4v) is 3.74. The molecule has 0 aliphatic heterocycles. The van der Waals surface area contributed by atoms with Crippen molar-refractivity contribution >= 4 is 28.4 Å². The molecule has 2 heterocycles. The number of ether oxygens (including phenoxy) is 1. The maximum atomic E-state index is 13.9. The largest absolute Gasteiger partial charge is 0.573 e. The Morgan fingerprint density at radius 1 is 1.03 bits per heavy atom. The van der Waals surface area contributed by atoms with Crippen LogP contribution in [0.2, 0.25) is 0 Å². The third-order valence-corrected chi connectivity index (χ3v) is 5.45. The predicted octanol–water partition coefficient (Wildman–Crippen LogP) is 5.06. The second-order valence-corrected chi connectivity index (χ2v) is 8.01. The van der Waals surface area contributed by atoms with Crippen LogP contribution in [0, 0.1) is 6.92 Å². The Morgan fingerprint density at radius 2 is 1.68 bits per heavy atom. The number of hydrogen-bond donors (Lipinski definition) is 2. The molecule has 2 aromatic heterocycles. The molecule has 14 heteroatoms. The molecular formula is C24H17F6N5O3. The molecule has 0 bridgehead atoms. The number of fused-ring (bicyclic) bond motifs is 1. The second-order valence-electron chi connectivity index (χ2n) is 8.01. The van der Waals surface area contributed by atoms with Crippen LogP contribution in [-0.4, -0.2) is 32.9 Å². The Kier molecular flexibility index (Phi) is 6.74. The van der Waals surface area contributed by atoms with E-state index in [0.29, 0.717) is 0 Å². The summed E-state index contributed by atoms with van der Waals surface area (Å²) in [5, 5.41) is 5.95. The number of primary amides is 1. The standard InChI is InChI=1S/C24H17F6N5O3/c1-12-19(33-22(37)15-10-17(21(31)36)32-16-8-4-3-7-14(15)16)20(23(25,26)27)34-35(12)11-13-6-2-5-9-18(13)38-24(28,29)30/h2-10H,11H2,1H3,(H2,31,36)(H,33,37). The fraction of sp³-hybridized carbons (Fsp3) is 0.167. The maximum Gasteiger partial charge on any atom is 0.573 e. The molecule has 0 fully saturated rings. The Labute approximate surface area is 210 Å². The van der Waals surface area contributed by atoms with Crippen LogP contribution in [0.15, 0.2) is 54.6 Å². The number of halogens is 6. The number of pyridine rings is 1. The highest BCUT2D eigenvalue weighted by Gasteiger charge is 2.40. The van der Waals surface area contributed by atoms with Crippen LogP contribution in [-0.2, 0) is 12.7 Å². The molecule has 0 unspecified atom stereocenters. The summed E-state index contributed by atoms with van der Waals surface area (Å²) in [4.78, 5) is 28.9. The quantitative estimate of drug-likeness (QED) is 0.334. The number of hydrogen-bond acceptors (Lipinski definition) is 5. The third kappa shape index (κ3) is 5.53. The molecule has 3 N–H and O–H groups in total. The van der Waals surface area contributed by atoms with E-state index in [2.05, 4.69) is 20.1 Å². The van der Waals surface area contributed by atoms with Crippen molar-refractivity contribution < 1.29 is 40.7 Å². The number of carbonyl (C=O) groups is 2. The number of para-hydroxylation sites is 2. The first kappa shape index (κ1) is 26.4. The van der Waals surface area contributed by atoms with Crippen molar-refractivity contribution in [2.45, 2.75) is 26.0 Å². The lowest BCUT2D eigenvalue weighted by atomic mass is 10.1. The van der Waals surface area contributed by atoms with Crippen LogP contribution < -0.4 is 15.8 Å². The Morgan fingerprint density at radius 3 is 2.34 bits per heavy atom. The van der Waals surface area contributed by atoms with Gasteiger partial charge in [-0.1, -0.05) is 36.4 Å². The van der Waals surface area contributed by atoms with Crippen molar-refractivity contribution in [1.29, 1.82) is 0 Å². The van der Waals surface area contributed by atoms with Crippen LogP contribution in [0.25, 0.3) is 10.9 Å². The van der Waals surface area contributed by atoms with Gasteiger partial charge in [0.05, 0.1) is 29.0 Å². The summed E-state index contributed by atoms with van der Waals surface area (Å²) in [6.07, 6.45) is -10.1. The molecule has 4 aromatic rings. The summed E-state index contributed by atoms with van der Waals surface area (Å²) in [5.41, 5.74) is 2.56. The number of benzene rings is 2. The first-order valence-corrected chi connectivity index (χ1v) is 10.7. The summed E-state index contributed by atoms with van der Waals surface area (Å²) < 4.78 is 84.8. The highest BCUT2D eigenvalue weighted by atomic mass is 19.4. The fourth-order valence-electron chi connectivity index (χ4n) is 3.74. The van der Waals surface area contributed by atoms with Crippen molar-refractivity contribution in [1.82, 2.24) is 14.8 Å². The maximum absolute atomic E-state index is 13.9. The van der Waals surface area contributed by atoms with Gasteiger partial charge in [0, 0.05) is 10.9 Å². The Bertz CT molecular complexity index is 1550.